The maximum absolute atomic E-state index is 13.1. The van der Waals surface area contributed by atoms with E-state index in [1.165, 1.54) is 148 Å². The molecule has 7 unspecified atom stereocenters. The van der Waals surface area contributed by atoms with E-state index in [9.17, 15) is 30.3 Å². The topological polar surface area (TPSA) is 149 Å². The minimum atomic E-state index is -1.56. The predicted molar refractivity (Wildman–Crippen MR) is 322 cm³/mol. The highest BCUT2D eigenvalue weighted by Crippen LogP contribution is 2.23. The van der Waals surface area contributed by atoms with Crippen molar-refractivity contribution in [3.8, 4) is 0 Å². The van der Waals surface area contributed by atoms with E-state index in [0.29, 0.717) is 12.8 Å². The molecule has 0 aromatic carbocycles. The monoisotopic (exact) mass is 1060 g/mol. The molecule has 1 aliphatic rings. The number of carbonyl (C=O) groups excluding carboxylic acids is 1. The van der Waals surface area contributed by atoms with Crippen molar-refractivity contribution in [1.29, 1.82) is 0 Å². The summed E-state index contributed by atoms with van der Waals surface area (Å²) in [6, 6.07) is -0.725. The lowest BCUT2D eigenvalue weighted by Gasteiger charge is -2.40. The normalized spacial score (nSPS) is 19.5. The van der Waals surface area contributed by atoms with E-state index in [0.717, 1.165) is 89.9 Å². The fourth-order valence-corrected chi connectivity index (χ4v) is 9.53. The average Bonchev–Trinajstić information content (AvgIpc) is 3.42. The number of nitrogens with one attached hydrogen (secondary N) is 1. The Hall–Kier alpha value is -2.89. The molecule has 76 heavy (non-hydrogen) atoms. The fraction of sp³-hybridized carbons (Fsp3) is 0.746. The van der Waals surface area contributed by atoms with Gasteiger partial charge in [-0.05, 0) is 77.0 Å². The van der Waals surface area contributed by atoms with E-state index in [2.05, 4.69) is 116 Å². The van der Waals surface area contributed by atoms with Gasteiger partial charge in [-0.1, -0.05) is 278 Å². The molecule has 0 aliphatic carbocycles. The quantitative estimate of drug-likeness (QED) is 0.0261. The second-order valence-electron chi connectivity index (χ2n) is 21.5. The number of amides is 1. The lowest BCUT2D eigenvalue weighted by Crippen LogP contribution is -2.60. The van der Waals surface area contributed by atoms with Gasteiger partial charge in [0.2, 0.25) is 5.91 Å². The summed E-state index contributed by atoms with van der Waals surface area (Å²) in [5.74, 6) is -0.148. The lowest BCUT2D eigenvalue weighted by molar-refractivity contribution is -0.302. The van der Waals surface area contributed by atoms with E-state index < -0.39 is 49.5 Å². The first kappa shape index (κ1) is 71.1. The Morgan fingerprint density at radius 3 is 1.21 bits per heavy atom. The maximum Gasteiger partial charge on any atom is 0.220 e. The van der Waals surface area contributed by atoms with Crippen LogP contribution in [0, 0.1) is 0 Å². The summed E-state index contributed by atoms with van der Waals surface area (Å²) in [5.41, 5.74) is 0. The molecule has 1 amide bonds. The number of unbranched alkanes of at least 4 members (excludes halogenated alkanes) is 27. The zero-order valence-electron chi connectivity index (χ0n) is 48.7. The molecule has 0 radical (unpaired) electrons. The third-order valence-electron chi connectivity index (χ3n) is 14.5. The third-order valence-corrected chi connectivity index (χ3v) is 14.5. The Labute approximate surface area is 466 Å². The molecule has 0 saturated carbocycles. The highest BCUT2D eigenvalue weighted by Gasteiger charge is 2.44. The van der Waals surface area contributed by atoms with Gasteiger partial charge in [-0.3, -0.25) is 4.79 Å². The van der Waals surface area contributed by atoms with Crippen LogP contribution < -0.4 is 5.32 Å². The standard InChI is InChI=1S/C67H117NO8/c1-3-5-7-9-11-13-15-17-19-21-22-23-24-25-26-27-28-29-30-31-32-33-34-35-36-37-38-39-40-41-43-45-47-49-51-53-55-57-63(71)68-60(59-75-67-66(74)65(73)64(72)62(58-69)76-67)61(70)56-54-52-50-48-46-44-42-20-18-16-14-12-10-8-6-4-2/h5,7,11,13,17,19,22-23,25-26,28-29,31-32,34-35,60-62,64-67,69-70,72-74H,3-4,6,8-10,12,14-16,18,20-21,24,27,30,33,36-59H2,1-2H3,(H,68,71)/b7-5-,13-11-,19-17-,23-22-,26-25-,29-28-,32-31-,35-34-. The molecular formula is C67H117NO8. The zero-order chi connectivity index (χ0) is 55.0. The van der Waals surface area contributed by atoms with Crippen LogP contribution >= 0.6 is 0 Å². The van der Waals surface area contributed by atoms with Gasteiger partial charge < -0.3 is 40.3 Å². The van der Waals surface area contributed by atoms with Gasteiger partial charge >= 0.3 is 0 Å². The van der Waals surface area contributed by atoms with Gasteiger partial charge in [0.25, 0.3) is 0 Å². The first-order valence-corrected chi connectivity index (χ1v) is 31.4. The van der Waals surface area contributed by atoms with E-state index >= 15 is 0 Å². The average molecular weight is 1060 g/mol. The van der Waals surface area contributed by atoms with E-state index in [1.54, 1.807) is 0 Å². The van der Waals surface area contributed by atoms with Crippen LogP contribution in [0.1, 0.15) is 264 Å². The minimum absolute atomic E-state index is 0.141. The predicted octanol–water partition coefficient (Wildman–Crippen LogP) is 16.4. The fourth-order valence-electron chi connectivity index (χ4n) is 9.53. The number of aliphatic hydroxyl groups is 5. The molecule has 9 heteroatoms. The Morgan fingerprint density at radius 2 is 0.816 bits per heavy atom. The van der Waals surface area contributed by atoms with Crippen LogP contribution in [-0.2, 0) is 14.3 Å². The molecule has 9 nitrogen and oxygen atoms in total. The lowest BCUT2D eigenvalue weighted by atomic mass is 9.99. The van der Waals surface area contributed by atoms with Gasteiger partial charge in [-0.2, -0.15) is 0 Å². The summed E-state index contributed by atoms with van der Waals surface area (Å²) in [7, 11) is 0. The molecule has 0 bridgehead atoms. The summed E-state index contributed by atoms with van der Waals surface area (Å²) >= 11 is 0. The van der Waals surface area contributed by atoms with Gasteiger partial charge in [0.05, 0.1) is 25.4 Å². The van der Waals surface area contributed by atoms with Gasteiger partial charge in [0.15, 0.2) is 6.29 Å². The maximum atomic E-state index is 13.1. The zero-order valence-corrected chi connectivity index (χ0v) is 48.7. The molecule has 438 valence electrons. The van der Waals surface area contributed by atoms with Crippen molar-refractivity contribution in [3.05, 3.63) is 97.2 Å². The highest BCUT2D eigenvalue weighted by molar-refractivity contribution is 5.76. The molecule has 1 heterocycles. The van der Waals surface area contributed by atoms with Crippen molar-refractivity contribution in [1.82, 2.24) is 5.32 Å². The molecule has 1 aliphatic heterocycles. The summed E-state index contributed by atoms with van der Waals surface area (Å²) in [5, 5.41) is 54.7. The third kappa shape index (κ3) is 44.0. The van der Waals surface area contributed by atoms with Gasteiger partial charge in [0.1, 0.15) is 24.4 Å². The molecule has 1 rings (SSSR count). The Bertz CT molecular complexity index is 1510. The number of hydrogen-bond donors (Lipinski definition) is 6. The molecule has 1 fully saturated rings. The van der Waals surface area contributed by atoms with Crippen LogP contribution in [0.5, 0.6) is 0 Å². The van der Waals surface area contributed by atoms with Crippen LogP contribution in [0.4, 0.5) is 0 Å². The number of hydrogen-bond acceptors (Lipinski definition) is 8. The first-order valence-electron chi connectivity index (χ1n) is 31.4. The van der Waals surface area contributed by atoms with Crippen LogP contribution in [0.25, 0.3) is 0 Å². The Morgan fingerprint density at radius 1 is 0.461 bits per heavy atom. The van der Waals surface area contributed by atoms with Gasteiger partial charge in [-0.15, -0.1) is 0 Å². The van der Waals surface area contributed by atoms with Crippen LogP contribution in [0.3, 0.4) is 0 Å². The smallest absolute Gasteiger partial charge is 0.220 e. The van der Waals surface area contributed by atoms with E-state index in [4.69, 9.17) is 9.47 Å². The molecular weight excluding hydrogens is 947 g/mol. The van der Waals surface area contributed by atoms with Crippen LogP contribution in [0.15, 0.2) is 97.2 Å². The number of rotatable bonds is 53. The number of carbonyl (C=O) groups is 1. The van der Waals surface area contributed by atoms with Crippen molar-refractivity contribution >= 4 is 5.91 Å². The summed E-state index contributed by atoms with van der Waals surface area (Å²) in [4.78, 5) is 13.1. The van der Waals surface area contributed by atoms with Crippen molar-refractivity contribution in [2.75, 3.05) is 13.2 Å². The van der Waals surface area contributed by atoms with Crippen molar-refractivity contribution in [2.24, 2.45) is 0 Å². The molecule has 0 aromatic heterocycles. The largest absolute Gasteiger partial charge is 0.394 e. The van der Waals surface area contributed by atoms with Crippen molar-refractivity contribution in [3.63, 3.8) is 0 Å². The number of aliphatic hydroxyl groups excluding tert-OH is 5. The molecule has 0 aromatic rings. The van der Waals surface area contributed by atoms with Crippen LogP contribution in [-0.4, -0.2) is 87.5 Å². The van der Waals surface area contributed by atoms with Crippen LogP contribution in [0.2, 0.25) is 0 Å². The molecule has 7 atom stereocenters. The Balaban J connectivity index is 2.13. The summed E-state index contributed by atoms with van der Waals surface area (Å²) in [6.45, 7) is 3.73. The highest BCUT2D eigenvalue weighted by atomic mass is 16.7. The minimum Gasteiger partial charge on any atom is -0.394 e. The van der Waals surface area contributed by atoms with E-state index in [-0.39, 0.29) is 12.5 Å². The summed E-state index contributed by atoms with van der Waals surface area (Å²) < 4.78 is 11.3. The van der Waals surface area contributed by atoms with Crippen molar-refractivity contribution in [2.45, 2.75) is 307 Å². The molecule has 1 saturated heterocycles. The molecule has 6 N–H and O–H groups in total. The molecule has 0 spiro atoms. The number of ether oxygens (including phenoxy) is 2. The first-order chi connectivity index (χ1) is 37.3. The number of allylic oxidation sites excluding steroid dienone is 16. The Kier molecular flexibility index (Phi) is 51.9. The second-order valence-corrected chi connectivity index (χ2v) is 21.5. The summed E-state index contributed by atoms with van der Waals surface area (Å²) in [6.07, 6.45) is 73.0. The van der Waals surface area contributed by atoms with Crippen molar-refractivity contribution < 1.29 is 39.8 Å². The van der Waals surface area contributed by atoms with Gasteiger partial charge in [-0.25, -0.2) is 0 Å². The second kappa shape index (κ2) is 55.4. The van der Waals surface area contributed by atoms with Gasteiger partial charge in [0, 0.05) is 6.42 Å². The van der Waals surface area contributed by atoms with E-state index in [1.807, 2.05) is 0 Å². The SMILES string of the molecule is CC/C=C\C/C=C\C/C=C\C/C=C\C/C=C\C/C=C\C/C=C\C/C=C\CCCCCCCCCCCCCCC(=O)NC(COC1OC(CO)C(O)C(O)C1O)C(O)CCCCCCCCCCCCCCCCCC.